The molecule has 0 saturated carbocycles. The summed E-state index contributed by atoms with van der Waals surface area (Å²) in [4.78, 5) is 18.1. The van der Waals surface area contributed by atoms with Crippen LogP contribution in [-0.4, -0.2) is 48.3 Å². The van der Waals surface area contributed by atoms with E-state index < -0.39 is 36.4 Å². The minimum Gasteiger partial charge on any atom is -0.464 e. The number of rotatable bonds is 10. The molecule has 0 radical (unpaired) electrons. The lowest BCUT2D eigenvalue weighted by Crippen LogP contribution is -2.55. The fraction of sp³-hybridized carbons (Fsp3) is 0.944. The van der Waals surface area contributed by atoms with Crippen molar-refractivity contribution in [3.05, 3.63) is 0 Å². The zero-order valence-electron chi connectivity index (χ0n) is 18.1. The molecule has 8 heteroatoms. The summed E-state index contributed by atoms with van der Waals surface area (Å²) < 4.78 is 29.9. The third kappa shape index (κ3) is 7.28. The van der Waals surface area contributed by atoms with Gasteiger partial charge in [0.1, 0.15) is 5.78 Å². The molecule has 0 aromatic rings. The third-order valence-electron chi connectivity index (χ3n) is 3.47. The average Bonchev–Trinajstić information content (AvgIpc) is 2.44. The number of carbonyl (C=O) groups is 1. The van der Waals surface area contributed by atoms with Crippen molar-refractivity contribution in [2.75, 3.05) is 19.8 Å². The number of hydroxylamine groups is 2. The molecule has 7 nitrogen and oxygen atoms in total. The fourth-order valence-electron chi connectivity index (χ4n) is 2.55. The van der Waals surface area contributed by atoms with Crippen LogP contribution < -0.4 is 0 Å². The average molecular weight is 395 g/mol. The summed E-state index contributed by atoms with van der Waals surface area (Å²) in [6.45, 7) is 19.3. The van der Waals surface area contributed by atoms with E-state index in [0.29, 0.717) is 0 Å². The van der Waals surface area contributed by atoms with Gasteiger partial charge in [-0.15, -0.1) is 0 Å². The number of hydrogen-bond donors (Lipinski definition) is 0. The molecular formula is C18H38NO6P. The smallest absolute Gasteiger partial charge is 0.350 e. The Morgan fingerprint density at radius 1 is 0.962 bits per heavy atom. The van der Waals surface area contributed by atoms with E-state index in [0.717, 1.165) is 0 Å². The first-order valence-electron chi connectivity index (χ1n) is 9.26. The predicted molar refractivity (Wildman–Crippen MR) is 103 cm³/mol. The maximum Gasteiger partial charge on any atom is 0.350 e. The maximum atomic E-state index is 13.6. The molecule has 0 aliphatic carbocycles. The van der Waals surface area contributed by atoms with Crippen LogP contribution >= 0.6 is 7.60 Å². The Balaban J connectivity index is 6.08. The number of esters is 1. The molecule has 0 rings (SSSR count). The highest BCUT2D eigenvalue weighted by Crippen LogP contribution is 2.60. The van der Waals surface area contributed by atoms with Crippen LogP contribution in [0.5, 0.6) is 0 Å². The van der Waals surface area contributed by atoms with Crippen LogP contribution in [0.2, 0.25) is 0 Å². The molecule has 0 amide bonds. The Morgan fingerprint density at radius 3 is 1.73 bits per heavy atom. The van der Waals surface area contributed by atoms with Crippen molar-refractivity contribution in [2.24, 2.45) is 5.41 Å². The first kappa shape index (κ1) is 25.5. The summed E-state index contributed by atoms with van der Waals surface area (Å²) >= 11 is 0. The first-order valence-corrected chi connectivity index (χ1v) is 10.9. The SMILES string of the molecule is CCOC(=O)C(C)ON(C(C(C)(C)C)P(=O)(OCC)OCC)C(C)(C)C. The van der Waals surface area contributed by atoms with Crippen molar-refractivity contribution in [2.45, 2.75) is 86.7 Å². The highest BCUT2D eigenvalue weighted by atomic mass is 31.2. The summed E-state index contributed by atoms with van der Waals surface area (Å²) in [6.07, 6.45) is -0.851. The molecule has 0 fully saturated rings. The molecule has 0 heterocycles. The predicted octanol–water partition coefficient (Wildman–Crippen LogP) is 4.61. The lowest BCUT2D eigenvalue weighted by atomic mass is 9.94. The van der Waals surface area contributed by atoms with E-state index in [1.54, 1.807) is 32.8 Å². The summed E-state index contributed by atoms with van der Waals surface area (Å²) in [7, 11) is -3.56. The van der Waals surface area contributed by atoms with Crippen LogP contribution in [0.1, 0.15) is 69.2 Å². The zero-order chi connectivity index (χ0) is 20.8. The largest absolute Gasteiger partial charge is 0.464 e. The van der Waals surface area contributed by atoms with Gasteiger partial charge in [-0.25, -0.2) is 4.79 Å². The van der Waals surface area contributed by atoms with Crippen molar-refractivity contribution >= 4 is 13.6 Å². The van der Waals surface area contributed by atoms with Gasteiger partial charge in [0.25, 0.3) is 0 Å². The van der Waals surface area contributed by atoms with E-state index >= 15 is 0 Å². The van der Waals surface area contributed by atoms with Gasteiger partial charge in [0.15, 0.2) is 6.10 Å². The second-order valence-electron chi connectivity index (χ2n) is 8.11. The Kier molecular flexibility index (Phi) is 10.0. The van der Waals surface area contributed by atoms with Gasteiger partial charge in [-0.3, -0.25) is 9.40 Å². The van der Waals surface area contributed by atoms with Gasteiger partial charge < -0.3 is 13.8 Å². The van der Waals surface area contributed by atoms with Crippen molar-refractivity contribution in [3.63, 3.8) is 0 Å². The maximum absolute atomic E-state index is 13.6. The minimum absolute atomic E-state index is 0.245. The van der Waals surface area contributed by atoms with E-state index in [1.807, 2.05) is 41.5 Å². The van der Waals surface area contributed by atoms with Gasteiger partial charge >= 0.3 is 13.6 Å². The van der Waals surface area contributed by atoms with Crippen LogP contribution in [0.4, 0.5) is 0 Å². The lowest BCUT2D eigenvalue weighted by Gasteiger charge is -2.47. The van der Waals surface area contributed by atoms with Crippen molar-refractivity contribution in [1.82, 2.24) is 5.06 Å². The highest BCUT2D eigenvalue weighted by molar-refractivity contribution is 7.54. The van der Waals surface area contributed by atoms with Crippen molar-refractivity contribution in [3.8, 4) is 0 Å². The number of hydrogen-bond acceptors (Lipinski definition) is 7. The van der Waals surface area contributed by atoms with E-state index in [2.05, 4.69) is 0 Å². The molecule has 0 N–H and O–H groups in total. The van der Waals surface area contributed by atoms with Gasteiger partial charge in [0, 0.05) is 5.54 Å². The number of ether oxygens (including phenoxy) is 1. The highest BCUT2D eigenvalue weighted by Gasteiger charge is 2.52. The number of nitrogens with zero attached hydrogens (tertiary/aromatic N) is 1. The van der Waals surface area contributed by atoms with Crippen LogP contribution in [0.3, 0.4) is 0 Å². The first-order chi connectivity index (χ1) is 11.7. The molecular weight excluding hydrogens is 357 g/mol. The van der Waals surface area contributed by atoms with Crippen molar-refractivity contribution in [1.29, 1.82) is 0 Å². The summed E-state index contributed by atoms with van der Waals surface area (Å²) in [6, 6.07) is 0. The molecule has 0 saturated heterocycles. The molecule has 0 aliphatic heterocycles. The van der Waals surface area contributed by atoms with E-state index in [9.17, 15) is 9.36 Å². The quantitative estimate of drug-likeness (QED) is 0.304. The van der Waals surface area contributed by atoms with Gasteiger partial charge in [-0.05, 0) is 53.9 Å². The fourth-order valence-corrected chi connectivity index (χ4v) is 5.23. The summed E-state index contributed by atoms with van der Waals surface area (Å²) in [5.74, 6) is -1.19. The Morgan fingerprint density at radius 2 is 1.42 bits per heavy atom. The van der Waals surface area contributed by atoms with Gasteiger partial charge in [0.05, 0.1) is 19.8 Å². The molecule has 0 aliphatic rings. The second kappa shape index (κ2) is 10.2. The minimum atomic E-state index is -3.56. The van der Waals surface area contributed by atoms with Gasteiger partial charge in [-0.1, -0.05) is 20.8 Å². The standard InChI is InChI=1S/C18H38NO6P/c1-11-22-15(20)14(4)25-19(18(8,9)10)16(17(5,6)7)26(21,23-12-2)24-13-3/h14,16H,11-13H2,1-10H3. The van der Waals surface area contributed by atoms with Gasteiger partial charge in [-0.2, -0.15) is 5.06 Å². The Hall–Kier alpha value is -0.460. The normalized spacial score (nSPS) is 15.8. The molecule has 2 unspecified atom stereocenters. The van der Waals surface area contributed by atoms with E-state index in [-0.39, 0.29) is 19.8 Å². The Bertz CT molecular complexity index is 473. The van der Waals surface area contributed by atoms with Crippen LogP contribution in [0, 0.1) is 5.41 Å². The van der Waals surface area contributed by atoms with Crippen LogP contribution in [0.25, 0.3) is 0 Å². The van der Waals surface area contributed by atoms with E-state index in [4.69, 9.17) is 18.6 Å². The third-order valence-corrected chi connectivity index (χ3v) is 6.29. The molecule has 2 atom stereocenters. The molecule has 0 bridgehead atoms. The second-order valence-corrected chi connectivity index (χ2v) is 10.2. The lowest BCUT2D eigenvalue weighted by molar-refractivity contribution is -0.263. The molecule has 0 aromatic carbocycles. The van der Waals surface area contributed by atoms with Crippen LogP contribution in [-0.2, 0) is 28.0 Å². The van der Waals surface area contributed by atoms with E-state index in [1.165, 1.54) is 0 Å². The van der Waals surface area contributed by atoms with Crippen molar-refractivity contribution < 1.29 is 28.0 Å². The molecule has 156 valence electrons. The topological polar surface area (TPSA) is 74.3 Å². The molecule has 0 spiro atoms. The van der Waals surface area contributed by atoms with Crippen LogP contribution in [0.15, 0.2) is 0 Å². The summed E-state index contributed by atoms with van der Waals surface area (Å²) in [5.41, 5.74) is -1.08. The number of carbonyl (C=O) groups excluding carboxylic acids is 1. The Labute approximate surface area is 159 Å². The summed E-state index contributed by atoms with van der Waals surface area (Å²) in [5, 5.41) is 1.58. The monoisotopic (exact) mass is 395 g/mol. The zero-order valence-corrected chi connectivity index (χ0v) is 19.0. The van der Waals surface area contributed by atoms with Gasteiger partial charge in [0.2, 0.25) is 0 Å². The molecule has 26 heavy (non-hydrogen) atoms. The molecule has 0 aromatic heterocycles.